The molecular formula is C20H17ClN4O3. The van der Waals surface area contributed by atoms with Crippen molar-refractivity contribution < 1.29 is 14.7 Å². The minimum Gasteiger partial charge on any atom is -0.387 e. The summed E-state index contributed by atoms with van der Waals surface area (Å²) in [6.07, 6.45) is 0.945. The van der Waals surface area contributed by atoms with Gasteiger partial charge in [0.1, 0.15) is 6.07 Å². The molecule has 3 rings (SSSR count). The number of aromatic nitrogens is 1. The number of carbonyl (C=O) groups is 2. The molecule has 28 heavy (non-hydrogen) atoms. The van der Waals surface area contributed by atoms with Crippen LogP contribution >= 0.6 is 11.6 Å². The van der Waals surface area contributed by atoms with Crippen LogP contribution < -0.4 is 10.6 Å². The Morgan fingerprint density at radius 3 is 2.75 bits per heavy atom. The molecule has 3 N–H and O–H groups in total. The van der Waals surface area contributed by atoms with Crippen LogP contribution in [0.15, 0.2) is 48.7 Å². The van der Waals surface area contributed by atoms with Gasteiger partial charge in [-0.05, 0) is 47.3 Å². The molecule has 0 saturated heterocycles. The van der Waals surface area contributed by atoms with E-state index in [1.165, 1.54) is 18.2 Å². The van der Waals surface area contributed by atoms with Crippen LogP contribution in [0.1, 0.15) is 17.2 Å². The second-order valence-corrected chi connectivity index (χ2v) is 6.66. The zero-order chi connectivity index (χ0) is 20.3. The van der Waals surface area contributed by atoms with Gasteiger partial charge in [0, 0.05) is 30.3 Å². The fourth-order valence-corrected chi connectivity index (χ4v) is 2.96. The third kappa shape index (κ3) is 4.14. The Bertz CT molecular complexity index is 1100. The van der Waals surface area contributed by atoms with Crippen molar-refractivity contribution in [1.29, 1.82) is 5.26 Å². The van der Waals surface area contributed by atoms with E-state index >= 15 is 0 Å². The Balaban J connectivity index is 1.62. The average Bonchev–Trinajstić information content (AvgIpc) is 3.06. The van der Waals surface area contributed by atoms with Gasteiger partial charge in [-0.1, -0.05) is 17.7 Å². The fourth-order valence-electron chi connectivity index (χ4n) is 2.79. The van der Waals surface area contributed by atoms with Crippen molar-refractivity contribution >= 4 is 40.0 Å². The smallest absolute Gasteiger partial charge is 0.313 e. The molecule has 0 aliphatic rings. The van der Waals surface area contributed by atoms with Gasteiger partial charge in [0.15, 0.2) is 0 Å². The Labute approximate surface area is 166 Å². The summed E-state index contributed by atoms with van der Waals surface area (Å²) in [5.74, 6) is -1.88. The van der Waals surface area contributed by atoms with Gasteiger partial charge in [-0.25, -0.2) is 0 Å². The number of halogens is 1. The molecule has 0 saturated carbocycles. The first kappa shape index (κ1) is 19.4. The summed E-state index contributed by atoms with van der Waals surface area (Å²) in [6, 6.07) is 13.7. The number of anilines is 1. The lowest BCUT2D eigenvalue weighted by atomic mass is 10.1. The van der Waals surface area contributed by atoms with E-state index in [0.29, 0.717) is 10.6 Å². The Hall–Kier alpha value is -3.34. The van der Waals surface area contributed by atoms with E-state index in [1.54, 1.807) is 6.07 Å². The molecule has 142 valence electrons. The van der Waals surface area contributed by atoms with Crippen LogP contribution in [0, 0.1) is 11.3 Å². The van der Waals surface area contributed by atoms with Gasteiger partial charge >= 0.3 is 11.8 Å². The van der Waals surface area contributed by atoms with Gasteiger partial charge in [-0.15, -0.1) is 0 Å². The van der Waals surface area contributed by atoms with Gasteiger partial charge < -0.3 is 20.3 Å². The van der Waals surface area contributed by atoms with E-state index in [4.69, 9.17) is 16.9 Å². The van der Waals surface area contributed by atoms with E-state index in [2.05, 4.69) is 10.6 Å². The normalized spacial score (nSPS) is 11.6. The third-order valence-corrected chi connectivity index (χ3v) is 4.54. The highest BCUT2D eigenvalue weighted by Crippen LogP contribution is 2.21. The zero-order valence-electron chi connectivity index (χ0n) is 14.9. The van der Waals surface area contributed by atoms with Gasteiger partial charge in [0.2, 0.25) is 0 Å². The number of hydrogen-bond acceptors (Lipinski definition) is 4. The van der Waals surface area contributed by atoms with Crippen molar-refractivity contribution in [3.05, 3.63) is 64.8 Å². The average molecular weight is 397 g/mol. The molecule has 2 aromatic carbocycles. The number of carbonyl (C=O) groups excluding carboxylic acids is 2. The monoisotopic (exact) mass is 396 g/mol. The summed E-state index contributed by atoms with van der Waals surface area (Å²) in [5, 5.41) is 25.4. The highest BCUT2D eigenvalue weighted by atomic mass is 35.5. The third-order valence-electron chi connectivity index (χ3n) is 4.31. The van der Waals surface area contributed by atoms with Crippen LogP contribution in [0.5, 0.6) is 0 Å². The molecule has 1 heterocycles. The van der Waals surface area contributed by atoms with E-state index in [0.717, 1.165) is 10.9 Å². The largest absolute Gasteiger partial charge is 0.387 e. The molecule has 2 amide bonds. The maximum Gasteiger partial charge on any atom is 0.313 e. The molecule has 0 bridgehead atoms. The minimum absolute atomic E-state index is 0.134. The topological polar surface area (TPSA) is 107 Å². The van der Waals surface area contributed by atoms with Crippen molar-refractivity contribution in [3.63, 3.8) is 0 Å². The molecule has 0 spiro atoms. The lowest BCUT2D eigenvalue weighted by Gasteiger charge is -2.13. The van der Waals surface area contributed by atoms with Crippen LogP contribution in [-0.4, -0.2) is 28.0 Å². The molecule has 0 aliphatic carbocycles. The molecule has 3 aromatic rings. The maximum atomic E-state index is 12.1. The summed E-state index contributed by atoms with van der Waals surface area (Å²) in [4.78, 5) is 24.1. The number of benzene rings is 2. The predicted molar refractivity (Wildman–Crippen MR) is 106 cm³/mol. The number of amides is 2. The second kappa shape index (κ2) is 8.13. The summed E-state index contributed by atoms with van der Waals surface area (Å²) in [7, 11) is 1.93. The van der Waals surface area contributed by atoms with Crippen LogP contribution in [0.3, 0.4) is 0 Å². The van der Waals surface area contributed by atoms with Gasteiger partial charge in [0.25, 0.3) is 0 Å². The van der Waals surface area contributed by atoms with E-state index in [-0.39, 0.29) is 17.8 Å². The quantitative estimate of drug-likeness (QED) is 0.589. The number of nitriles is 1. The molecule has 0 radical (unpaired) electrons. The standard InChI is InChI=1S/C20H17ClN4O3/c1-25-7-6-12-8-13(3-5-17(12)25)18(26)11-23-19(27)20(28)24-16-9-15(21)4-2-14(16)10-22/h2-9,18,26H,11H2,1H3,(H,23,27)(H,24,28)/t18-/m1/s1. The minimum atomic E-state index is -0.970. The maximum absolute atomic E-state index is 12.1. The number of nitrogens with one attached hydrogen (secondary N) is 2. The number of nitrogens with zero attached hydrogens (tertiary/aromatic N) is 2. The summed E-state index contributed by atoms with van der Waals surface area (Å²) in [5.41, 5.74) is 1.97. The van der Waals surface area contributed by atoms with Crippen molar-refractivity contribution in [1.82, 2.24) is 9.88 Å². The lowest BCUT2D eigenvalue weighted by molar-refractivity contribution is -0.136. The number of aryl methyl sites for hydroxylation is 1. The number of rotatable bonds is 4. The van der Waals surface area contributed by atoms with Crippen molar-refractivity contribution in [2.75, 3.05) is 11.9 Å². The van der Waals surface area contributed by atoms with Crippen LogP contribution in [0.2, 0.25) is 5.02 Å². The molecule has 1 aromatic heterocycles. The van der Waals surface area contributed by atoms with Crippen molar-refractivity contribution in [2.45, 2.75) is 6.10 Å². The predicted octanol–water partition coefficient (Wildman–Crippen LogP) is 2.49. The Morgan fingerprint density at radius 1 is 1.21 bits per heavy atom. The lowest BCUT2D eigenvalue weighted by Crippen LogP contribution is -2.37. The molecular weight excluding hydrogens is 380 g/mol. The zero-order valence-corrected chi connectivity index (χ0v) is 15.7. The summed E-state index contributed by atoms with van der Waals surface area (Å²) < 4.78 is 1.96. The van der Waals surface area contributed by atoms with Crippen molar-refractivity contribution in [3.8, 4) is 6.07 Å². The number of aliphatic hydroxyl groups is 1. The first-order valence-electron chi connectivity index (χ1n) is 8.41. The molecule has 0 unspecified atom stereocenters. The Morgan fingerprint density at radius 2 is 2.00 bits per heavy atom. The summed E-state index contributed by atoms with van der Waals surface area (Å²) in [6.45, 7) is -0.134. The van der Waals surface area contributed by atoms with Crippen LogP contribution in [0.25, 0.3) is 10.9 Å². The van der Waals surface area contributed by atoms with E-state index < -0.39 is 17.9 Å². The van der Waals surface area contributed by atoms with Crippen LogP contribution in [-0.2, 0) is 16.6 Å². The van der Waals surface area contributed by atoms with E-state index in [1.807, 2.05) is 42.1 Å². The highest BCUT2D eigenvalue weighted by molar-refractivity contribution is 6.40. The fraction of sp³-hybridized carbons (Fsp3) is 0.150. The van der Waals surface area contributed by atoms with Crippen LogP contribution in [0.4, 0.5) is 5.69 Å². The second-order valence-electron chi connectivity index (χ2n) is 6.23. The van der Waals surface area contributed by atoms with Gasteiger partial charge in [-0.2, -0.15) is 5.26 Å². The first-order valence-corrected chi connectivity index (χ1v) is 8.78. The highest BCUT2D eigenvalue weighted by Gasteiger charge is 2.18. The summed E-state index contributed by atoms with van der Waals surface area (Å²) >= 11 is 5.85. The van der Waals surface area contributed by atoms with E-state index in [9.17, 15) is 14.7 Å². The molecule has 8 heteroatoms. The molecule has 0 fully saturated rings. The van der Waals surface area contributed by atoms with Crippen molar-refractivity contribution in [2.24, 2.45) is 7.05 Å². The SMILES string of the molecule is Cn1ccc2cc([C@H](O)CNC(=O)C(=O)Nc3cc(Cl)ccc3C#N)ccc21. The molecule has 1 atom stereocenters. The number of hydrogen-bond donors (Lipinski definition) is 3. The van der Waals surface area contributed by atoms with Gasteiger partial charge in [0.05, 0.1) is 17.4 Å². The van der Waals surface area contributed by atoms with Gasteiger partial charge in [-0.3, -0.25) is 9.59 Å². The molecule has 7 nitrogen and oxygen atoms in total. The number of aliphatic hydroxyl groups excluding tert-OH is 1. The number of fused-ring (bicyclic) bond motifs is 1. The Kier molecular flexibility index (Phi) is 5.64. The first-order chi connectivity index (χ1) is 13.4. The molecule has 0 aliphatic heterocycles.